The van der Waals surface area contributed by atoms with Gasteiger partial charge in [0.1, 0.15) is 5.82 Å². The molecule has 0 saturated heterocycles. The Hall–Kier alpha value is -2.13. The van der Waals surface area contributed by atoms with Crippen molar-refractivity contribution in [2.45, 2.75) is 19.9 Å². The summed E-state index contributed by atoms with van der Waals surface area (Å²) in [7, 11) is 1.74. The fourth-order valence-electron chi connectivity index (χ4n) is 2.67. The molecule has 21 heavy (non-hydrogen) atoms. The van der Waals surface area contributed by atoms with Crippen LogP contribution >= 0.6 is 0 Å². The molecule has 2 aromatic carbocycles. The van der Waals surface area contributed by atoms with E-state index in [0.717, 1.165) is 24.3 Å². The van der Waals surface area contributed by atoms with Gasteiger partial charge in [0.25, 0.3) is 0 Å². The van der Waals surface area contributed by atoms with E-state index in [0.29, 0.717) is 6.61 Å². The number of ether oxygens (including phenoxy) is 1. The normalized spacial score (nSPS) is 11.1. The number of imidazole rings is 1. The second-order valence-corrected chi connectivity index (χ2v) is 5.26. The molecule has 1 aromatic heterocycles. The number of methoxy groups -OCH3 is 1. The fraction of sp³-hybridized carbons (Fsp3) is 0.278. The monoisotopic (exact) mass is 280 g/mol. The summed E-state index contributed by atoms with van der Waals surface area (Å²) >= 11 is 0. The average molecular weight is 280 g/mol. The topological polar surface area (TPSA) is 27.1 Å². The lowest BCUT2D eigenvalue weighted by Gasteiger charge is -2.10. The fourth-order valence-corrected chi connectivity index (χ4v) is 2.67. The molecular formula is C18H20N2O. The maximum Gasteiger partial charge on any atom is 0.114 e. The highest BCUT2D eigenvalue weighted by Gasteiger charge is 2.11. The predicted octanol–water partition coefficient (Wildman–Crippen LogP) is 3.58. The number of hydrogen-bond donors (Lipinski definition) is 0. The number of aromatic nitrogens is 2. The molecule has 0 saturated carbocycles. The Bertz CT molecular complexity index is 746. The highest BCUT2D eigenvalue weighted by atomic mass is 16.5. The lowest BCUT2D eigenvalue weighted by molar-refractivity contribution is 0.187. The van der Waals surface area contributed by atoms with E-state index in [1.165, 1.54) is 16.6 Å². The van der Waals surface area contributed by atoms with Crippen LogP contribution in [-0.4, -0.2) is 23.3 Å². The van der Waals surface area contributed by atoms with Crippen molar-refractivity contribution in [3.8, 4) is 0 Å². The highest BCUT2D eigenvalue weighted by molar-refractivity contribution is 5.76. The van der Waals surface area contributed by atoms with Gasteiger partial charge in [0.2, 0.25) is 0 Å². The molecular weight excluding hydrogens is 260 g/mol. The Morgan fingerprint density at radius 2 is 1.81 bits per heavy atom. The number of rotatable bonds is 5. The zero-order valence-electron chi connectivity index (χ0n) is 12.5. The van der Waals surface area contributed by atoms with Crippen molar-refractivity contribution in [2.75, 3.05) is 13.7 Å². The Labute approximate surface area is 125 Å². The van der Waals surface area contributed by atoms with Crippen LogP contribution in [0.2, 0.25) is 0 Å². The van der Waals surface area contributed by atoms with Crippen LogP contribution in [0.4, 0.5) is 0 Å². The summed E-state index contributed by atoms with van der Waals surface area (Å²) in [6, 6.07) is 16.8. The molecule has 0 atom stereocenters. The van der Waals surface area contributed by atoms with Crippen molar-refractivity contribution < 1.29 is 4.74 Å². The largest absolute Gasteiger partial charge is 0.383 e. The van der Waals surface area contributed by atoms with Crippen LogP contribution in [0.15, 0.2) is 48.5 Å². The molecule has 0 bridgehead atoms. The zero-order chi connectivity index (χ0) is 14.7. The second kappa shape index (κ2) is 6.10. The molecule has 0 aliphatic carbocycles. The minimum Gasteiger partial charge on any atom is -0.383 e. The summed E-state index contributed by atoms with van der Waals surface area (Å²) in [5.74, 6) is 1.10. The SMILES string of the molecule is COCCn1c(Cc2ccccc2C)nc2ccccc21. The van der Waals surface area contributed by atoms with Gasteiger partial charge in [0.05, 0.1) is 17.6 Å². The first kappa shape index (κ1) is 13.8. The van der Waals surface area contributed by atoms with Crippen LogP contribution in [0.5, 0.6) is 0 Å². The van der Waals surface area contributed by atoms with Gasteiger partial charge in [-0.25, -0.2) is 4.98 Å². The third kappa shape index (κ3) is 2.83. The standard InChI is InChI=1S/C18H20N2O/c1-14-7-3-4-8-15(14)13-18-19-16-9-5-6-10-17(16)20(18)11-12-21-2/h3-10H,11-13H2,1-2H3. The molecule has 108 valence electrons. The Balaban J connectivity index is 2.02. The Morgan fingerprint density at radius 3 is 2.62 bits per heavy atom. The van der Waals surface area contributed by atoms with Gasteiger partial charge in [-0.1, -0.05) is 36.4 Å². The van der Waals surface area contributed by atoms with Gasteiger partial charge in [-0.2, -0.15) is 0 Å². The van der Waals surface area contributed by atoms with E-state index < -0.39 is 0 Å². The molecule has 1 heterocycles. The van der Waals surface area contributed by atoms with Gasteiger partial charge in [-0.15, -0.1) is 0 Å². The third-order valence-corrected chi connectivity index (χ3v) is 3.86. The lowest BCUT2D eigenvalue weighted by atomic mass is 10.1. The van der Waals surface area contributed by atoms with Crippen molar-refractivity contribution in [1.29, 1.82) is 0 Å². The number of nitrogens with zero attached hydrogens (tertiary/aromatic N) is 2. The average Bonchev–Trinajstić information content (AvgIpc) is 2.85. The minimum absolute atomic E-state index is 0.696. The van der Waals surface area contributed by atoms with E-state index in [2.05, 4.69) is 54.0 Å². The van der Waals surface area contributed by atoms with Crippen molar-refractivity contribution in [3.05, 3.63) is 65.5 Å². The van der Waals surface area contributed by atoms with E-state index in [-0.39, 0.29) is 0 Å². The maximum atomic E-state index is 5.24. The van der Waals surface area contributed by atoms with Gasteiger partial charge >= 0.3 is 0 Å². The molecule has 0 fully saturated rings. The molecule has 0 aliphatic rings. The molecule has 0 spiro atoms. The van der Waals surface area contributed by atoms with E-state index in [4.69, 9.17) is 9.72 Å². The molecule has 3 heteroatoms. The predicted molar refractivity (Wildman–Crippen MR) is 85.6 cm³/mol. The summed E-state index contributed by atoms with van der Waals surface area (Å²) in [5, 5.41) is 0. The first-order valence-corrected chi connectivity index (χ1v) is 7.27. The van der Waals surface area contributed by atoms with Crippen LogP contribution in [-0.2, 0) is 17.7 Å². The van der Waals surface area contributed by atoms with Gasteiger partial charge < -0.3 is 9.30 Å². The maximum absolute atomic E-state index is 5.24. The van der Waals surface area contributed by atoms with E-state index in [1.807, 2.05) is 6.07 Å². The number of hydrogen-bond acceptors (Lipinski definition) is 2. The van der Waals surface area contributed by atoms with Crippen LogP contribution < -0.4 is 0 Å². The lowest BCUT2D eigenvalue weighted by Crippen LogP contribution is -2.09. The van der Waals surface area contributed by atoms with Gasteiger partial charge in [-0.3, -0.25) is 0 Å². The summed E-state index contributed by atoms with van der Waals surface area (Å²) in [6.45, 7) is 3.68. The Kier molecular flexibility index (Phi) is 4.02. The number of benzene rings is 2. The first-order valence-electron chi connectivity index (χ1n) is 7.27. The van der Waals surface area contributed by atoms with Gasteiger partial charge in [0.15, 0.2) is 0 Å². The summed E-state index contributed by atoms with van der Waals surface area (Å²) in [5.41, 5.74) is 4.87. The molecule has 0 unspecified atom stereocenters. The smallest absolute Gasteiger partial charge is 0.114 e. The highest BCUT2D eigenvalue weighted by Crippen LogP contribution is 2.19. The molecule has 0 aliphatic heterocycles. The molecule has 3 nitrogen and oxygen atoms in total. The zero-order valence-corrected chi connectivity index (χ0v) is 12.5. The second-order valence-electron chi connectivity index (χ2n) is 5.26. The first-order chi connectivity index (χ1) is 10.3. The molecule has 0 radical (unpaired) electrons. The van der Waals surface area contributed by atoms with Crippen molar-refractivity contribution in [2.24, 2.45) is 0 Å². The van der Waals surface area contributed by atoms with Crippen molar-refractivity contribution in [1.82, 2.24) is 9.55 Å². The summed E-state index contributed by atoms with van der Waals surface area (Å²) < 4.78 is 7.51. The Morgan fingerprint density at radius 1 is 1.05 bits per heavy atom. The number of fused-ring (bicyclic) bond motifs is 1. The molecule has 3 aromatic rings. The van der Waals surface area contributed by atoms with Gasteiger partial charge in [0, 0.05) is 20.1 Å². The molecule has 3 rings (SSSR count). The quantitative estimate of drug-likeness (QED) is 0.714. The van der Waals surface area contributed by atoms with Crippen molar-refractivity contribution in [3.63, 3.8) is 0 Å². The van der Waals surface area contributed by atoms with Crippen molar-refractivity contribution >= 4 is 11.0 Å². The van der Waals surface area contributed by atoms with Crippen LogP contribution in [0.25, 0.3) is 11.0 Å². The van der Waals surface area contributed by atoms with Crippen LogP contribution in [0.3, 0.4) is 0 Å². The van der Waals surface area contributed by atoms with Crippen LogP contribution in [0.1, 0.15) is 17.0 Å². The molecule has 0 N–H and O–H groups in total. The van der Waals surface area contributed by atoms with E-state index >= 15 is 0 Å². The minimum atomic E-state index is 0.696. The van der Waals surface area contributed by atoms with E-state index in [1.54, 1.807) is 7.11 Å². The number of para-hydroxylation sites is 2. The summed E-state index contributed by atoms with van der Waals surface area (Å²) in [6.07, 6.45) is 0.852. The number of aryl methyl sites for hydroxylation is 1. The van der Waals surface area contributed by atoms with Gasteiger partial charge in [-0.05, 0) is 30.2 Å². The third-order valence-electron chi connectivity index (χ3n) is 3.86. The molecule has 0 amide bonds. The van der Waals surface area contributed by atoms with E-state index in [9.17, 15) is 0 Å². The van der Waals surface area contributed by atoms with Crippen LogP contribution in [0, 0.1) is 6.92 Å². The summed E-state index contributed by atoms with van der Waals surface area (Å²) in [4.78, 5) is 4.81.